The highest BCUT2D eigenvalue weighted by Gasteiger charge is 2.07. The van der Waals surface area contributed by atoms with E-state index in [1.54, 1.807) is 36.4 Å². The summed E-state index contributed by atoms with van der Waals surface area (Å²) in [5.74, 6) is 0.637. The van der Waals surface area contributed by atoms with Crippen LogP contribution in [0.1, 0.15) is 11.1 Å². The molecule has 0 saturated carbocycles. The summed E-state index contributed by atoms with van der Waals surface area (Å²) in [6, 6.07) is 10.4. The van der Waals surface area contributed by atoms with Crippen LogP contribution in [0.5, 0.6) is 11.5 Å². The molecule has 2 amide bonds. The van der Waals surface area contributed by atoms with Crippen LogP contribution in [-0.4, -0.2) is 38.1 Å². The zero-order valence-electron chi connectivity index (χ0n) is 15.7. The van der Waals surface area contributed by atoms with Crippen molar-refractivity contribution in [3.8, 4) is 11.5 Å². The predicted molar refractivity (Wildman–Crippen MR) is 109 cm³/mol. The largest absolute Gasteiger partial charge is 0.484 e. The van der Waals surface area contributed by atoms with E-state index in [1.807, 2.05) is 13.8 Å². The van der Waals surface area contributed by atoms with Crippen LogP contribution in [0.4, 0.5) is 0 Å². The van der Waals surface area contributed by atoms with Crippen molar-refractivity contribution >= 4 is 35.0 Å². The standard InChI is InChI=1S/C20H22Cl2N2O4/c1-13-9-15(21)3-5-17(13)27-11-19(25)23-7-8-24-20(26)12-28-18-6-4-16(22)10-14(18)2/h3-6,9-10H,7-8,11-12H2,1-2H3,(H,23,25)(H,24,26). The van der Waals surface area contributed by atoms with E-state index >= 15 is 0 Å². The molecule has 0 heterocycles. The molecule has 0 unspecified atom stereocenters. The number of rotatable bonds is 9. The lowest BCUT2D eigenvalue weighted by Gasteiger charge is -2.11. The van der Waals surface area contributed by atoms with Crippen LogP contribution >= 0.6 is 23.2 Å². The van der Waals surface area contributed by atoms with E-state index in [-0.39, 0.29) is 38.1 Å². The van der Waals surface area contributed by atoms with Gasteiger partial charge in [0.1, 0.15) is 11.5 Å². The van der Waals surface area contributed by atoms with E-state index in [0.29, 0.717) is 21.5 Å². The Morgan fingerprint density at radius 1 is 0.786 bits per heavy atom. The highest BCUT2D eigenvalue weighted by molar-refractivity contribution is 6.31. The van der Waals surface area contributed by atoms with Crippen LogP contribution in [0.3, 0.4) is 0 Å². The number of hydrogen-bond donors (Lipinski definition) is 2. The average molecular weight is 425 g/mol. The van der Waals surface area contributed by atoms with E-state index in [2.05, 4.69) is 10.6 Å². The van der Waals surface area contributed by atoms with Crippen LogP contribution < -0.4 is 20.1 Å². The first-order valence-corrected chi connectivity index (χ1v) is 9.42. The molecule has 0 aromatic heterocycles. The van der Waals surface area contributed by atoms with Gasteiger partial charge in [-0.2, -0.15) is 0 Å². The Kier molecular flexibility index (Phi) is 8.42. The topological polar surface area (TPSA) is 76.7 Å². The molecule has 2 rings (SSSR count). The van der Waals surface area contributed by atoms with Gasteiger partial charge in [-0.1, -0.05) is 23.2 Å². The normalized spacial score (nSPS) is 10.3. The molecule has 2 aromatic carbocycles. The Hall–Kier alpha value is -2.44. The van der Waals surface area contributed by atoms with Crippen LogP contribution in [0.15, 0.2) is 36.4 Å². The van der Waals surface area contributed by atoms with Crippen molar-refractivity contribution in [2.45, 2.75) is 13.8 Å². The third-order valence-corrected chi connectivity index (χ3v) is 4.23. The first kappa shape index (κ1) is 21.9. The lowest BCUT2D eigenvalue weighted by Crippen LogP contribution is -2.38. The van der Waals surface area contributed by atoms with Gasteiger partial charge in [-0.15, -0.1) is 0 Å². The maximum Gasteiger partial charge on any atom is 0.258 e. The lowest BCUT2D eigenvalue weighted by molar-refractivity contribution is -0.124. The summed E-state index contributed by atoms with van der Waals surface area (Å²) in [4.78, 5) is 23.6. The number of halogens is 2. The molecule has 6 nitrogen and oxygen atoms in total. The zero-order chi connectivity index (χ0) is 20.5. The Morgan fingerprint density at radius 3 is 1.54 bits per heavy atom. The van der Waals surface area contributed by atoms with Gasteiger partial charge < -0.3 is 20.1 Å². The highest BCUT2D eigenvalue weighted by atomic mass is 35.5. The molecule has 2 aromatic rings. The van der Waals surface area contributed by atoms with Crippen LogP contribution in [0.25, 0.3) is 0 Å². The van der Waals surface area contributed by atoms with Crippen molar-refractivity contribution in [3.05, 3.63) is 57.6 Å². The highest BCUT2D eigenvalue weighted by Crippen LogP contribution is 2.22. The molecule has 0 fully saturated rings. The van der Waals surface area contributed by atoms with E-state index in [0.717, 1.165) is 11.1 Å². The number of ether oxygens (including phenoxy) is 2. The maximum atomic E-state index is 11.8. The van der Waals surface area contributed by atoms with Gasteiger partial charge in [-0.25, -0.2) is 0 Å². The number of amides is 2. The molecule has 150 valence electrons. The van der Waals surface area contributed by atoms with Gasteiger partial charge in [-0.3, -0.25) is 9.59 Å². The molecule has 0 spiro atoms. The Bertz CT molecular complexity index is 773. The van der Waals surface area contributed by atoms with Gasteiger partial charge >= 0.3 is 0 Å². The summed E-state index contributed by atoms with van der Waals surface area (Å²) in [6.07, 6.45) is 0. The second-order valence-electron chi connectivity index (χ2n) is 6.10. The monoisotopic (exact) mass is 424 g/mol. The summed E-state index contributed by atoms with van der Waals surface area (Å²) in [7, 11) is 0. The first-order valence-electron chi connectivity index (χ1n) is 8.66. The average Bonchev–Trinajstić information content (AvgIpc) is 2.64. The summed E-state index contributed by atoms with van der Waals surface area (Å²) in [6.45, 7) is 4.04. The Labute approximate surface area is 174 Å². The molecule has 0 atom stereocenters. The van der Waals surface area contributed by atoms with E-state index in [4.69, 9.17) is 32.7 Å². The van der Waals surface area contributed by atoms with Crippen molar-refractivity contribution in [3.63, 3.8) is 0 Å². The summed E-state index contributed by atoms with van der Waals surface area (Å²) >= 11 is 11.8. The van der Waals surface area contributed by atoms with Crippen molar-refractivity contribution in [2.75, 3.05) is 26.3 Å². The quantitative estimate of drug-likeness (QED) is 0.605. The fourth-order valence-electron chi connectivity index (χ4n) is 2.34. The van der Waals surface area contributed by atoms with E-state index < -0.39 is 0 Å². The van der Waals surface area contributed by atoms with Crippen LogP contribution in [0, 0.1) is 13.8 Å². The van der Waals surface area contributed by atoms with E-state index in [1.165, 1.54) is 0 Å². The smallest absolute Gasteiger partial charge is 0.258 e. The van der Waals surface area contributed by atoms with Gasteiger partial charge in [-0.05, 0) is 61.4 Å². The molecule has 0 saturated heterocycles. The molecule has 0 radical (unpaired) electrons. The molecular weight excluding hydrogens is 403 g/mol. The number of nitrogens with one attached hydrogen (secondary N) is 2. The molecule has 0 bridgehead atoms. The van der Waals surface area contributed by atoms with Crippen LogP contribution in [-0.2, 0) is 9.59 Å². The molecule has 0 aliphatic carbocycles. The Balaban J connectivity index is 1.61. The van der Waals surface area contributed by atoms with Crippen LogP contribution in [0.2, 0.25) is 10.0 Å². The second kappa shape index (κ2) is 10.8. The van der Waals surface area contributed by atoms with Crippen molar-refractivity contribution in [1.29, 1.82) is 0 Å². The SMILES string of the molecule is Cc1cc(Cl)ccc1OCC(=O)NCCNC(=O)COc1ccc(Cl)cc1C. The molecule has 0 aliphatic rings. The third-order valence-electron chi connectivity index (χ3n) is 3.76. The molecular formula is C20H22Cl2N2O4. The minimum Gasteiger partial charge on any atom is -0.484 e. The fourth-order valence-corrected chi connectivity index (χ4v) is 2.80. The number of carbonyl (C=O) groups excluding carboxylic acids is 2. The summed E-state index contributed by atoms with van der Waals surface area (Å²) in [5, 5.41) is 6.56. The third kappa shape index (κ3) is 7.29. The first-order chi connectivity index (χ1) is 13.3. The number of benzene rings is 2. The summed E-state index contributed by atoms with van der Waals surface area (Å²) < 4.78 is 10.9. The van der Waals surface area contributed by atoms with Gasteiger partial charge in [0.15, 0.2) is 13.2 Å². The lowest BCUT2D eigenvalue weighted by atomic mass is 10.2. The van der Waals surface area contributed by atoms with E-state index in [9.17, 15) is 9.59 Å². The zero-order valence-corrected chi connectivity index (χ0v) is 17.2. The number of aryl methyl sites for hydroxylation is 2. The minimum absolute atomic E-state index is 0.116. The van der Waals surface area contributed by atoms with Gasteiger partial charge in [0, 0.05) is 23.1 Å². The number of hydrogen-bond acceptors (Lipinski definition) is 4. The van der Waals surface area contributed by atoms with Gasteiger partial charge in [0.05, 0.1) is 0 Å². The number of carbonyl (C=O) groups is 2. The predicted octanol–water partition coefficient (Wildman–Crippen LogP) is 3.30. The van der Waals surface area contributed by atoms with Crippen molar-refractivity contribution in [2.24, 2.45) is 0 Å². The molecule has 2 N–H and O–H groups in total. The molecule has 28 heavy (non-hydrogen) atoms. The maximum absolute atomic E-state index is 11.8. The summed E-state index contributed by atoms with van der Waals surface area (Å²) in [5.41, 5.74) is 1.70. The second-order valence-corrected chi connectivity index (χ2v) is 6.97. The van der Waals surface area contributed by atoms with Gasteiger partial charge in [0.2, 0.25) is 0 Å². The van der Waals surface area contributed by atoms with Crippen molar-refractivity contribution < 1.29 is 19.1 Å². The minimum atomic E-state index is -0.281. The Morgan fingerprint density at radius 2 is 1.18 bits per heavy atom. The molecule has 0 aliphatic heterocycles. The van der Waals surface area contributed by atoms with Gasteiger partial charge in [0.25, 0.3) is 11.8 Å². The molecule has 8 heteroatoms. The fraction of sp³-hybridized carbons (Fsp3) is 0.300. The van der Waals surface area contributed by atoms with Crippen molar-refractivity contribution in [1.82, 2.24) is 10.6 Å².